The summed E-state index contributed by atoms with van der Waals surface area (Å²) in [6.07, 6.45) is 3.71. The molecule has 1 rings (SSSR count). The van der Waals surface area contributed by atoms with E-state index in [4.69, 9.17) is 8.97 Å². The van der Waals surface area contributed by atoms with E-state index in [1.54, 1.807) is 20.8 Å². The highest BCUT2D eigenvalue weighted by Crippen LogP contribution is 2.06. The van der Waals surface area contributed by atoms with Crippen molar-refractivity contribution in [3.63, 3.8) is 0 Å². The van der Waals surface area contributed by atoms with Gasteiger partial charge in [0, 0.05) is 23.1 Å². The van der Waals surface area contributed by atoms with Crippen LogP contribution in [0.3, 0.4) is 0 Å². The number of carbonyl (C=O) groups excluding carboxylic acids is 1. The highest BCUT2D eigenvalue weighted by atomic mass is 32.2. The Morgan fingerprint density at radius 2 is 1.96 bits per heavy atom. The number of Topliss-reactive ketones (excluding diaryl/α,β-unsaturated/α-hetero) is 1. The summed E-state index contributed by atoms with van der Waals surface area (Å²) in [6, 6.07) is 0. The monoisotopic (exact) mass is 352 g/mol. The summed E-state index contributed by atoms with van der Waals surface area (Å²) in [6.45, 7) is 11.8. The Labute approximate surface area is 140 Å². The zero-order valence-electron chi connectivity index (χ0n) is 13.8. The van der Waals surface area contributed by atoms with Crippen molar-refractivity contribution in [3.05, 3.63) is 56.3 Å². The molecule has 1 aromatic rings. The molecule has 0 radical (unpaired) electrons. The largest absolute Gasteiger partial charge is 0.423 e. The molecule has 1 aromatic heterocycles. The van der Waals surface area contributed by atoms with E-state index in [0.29, 0.717) is 5.56 Å². The van der Waals surface area contributed by atoms with E-state index in [2.05, 4.69) is 13.2 Å². The van der Waals surface area contributed by atoms with E-state index in [0.717, 1.165) is 6.08 Å². The van der Waals surface area contributed by atoms with Crippen LogP contribution in [-0.2, 0) is 21.3 Å². The molecule has 0 aliphatic heterocycles. The Kier molecular flexibility index (Phi) is 6.22. The SMILES string of the molecule is C=C/C=c1/oc(=O)c(CC(=O)C(C)C)c(C)/c1=C/C(=C)S(=O)(=O)O. The third kappa shape index (κ3) is 4.62. The van der Waals surface area contributed by atoms with Gasteiger partial charge in [0.05, 0.1) is 4.91 Å². The van der Waals surface area contributed by atoms with Gasteiger partial charge in [-0.25, -0.2) is 4.79 Å². The lowest BCUT2D eigenvalue weighted by Crippen LogP contribution is -2.36. The lowest BCUT2D eigenvalue weighted by Gasteiger charge is -2.07. The molecule has 24 heavy (non-hydrogen) atoms. The van der Waals surface area contributed by atoms with Gasteiger partial charge in [0.1, 0.15) is 11.2 Å². The van der Waals surface area contributed by atoms with E-state index in [9.17, 15) is 18.0 Å². The molecule has 0 atom stereocenters. The Bertz CT molecular complexity index is 962. The van der Waals surface area contributed by atoms with Crippen molar-refractivity contribution in [3.8, 4) is 0 Å². The number of hydrogen-bond acceptors (Lipinski definition) is 5. The van der Waals surface area contributed by atoms with Gasteiger partial charge in [-0.05, 0) is 24.6 Å². The fourth-order valence-corrected chi connectivity index (χ4v) is 2.21. The van der Waals surface area contributed by atoms with Crippen molar-refractivity contribution in [2.24, 2.45) is 5.92 Å². The Hall–Kier alpha value is -2.25. The van der Waals surface area contributed by atoms with Crippen LogP contribution in [-0.4, -0.2) is 18.8 Å². The quantitative estimate of drug-likeness (QED) is 0.762. The van der Waals surface area contributed by atoms with Crippen LogP contribution < -0.4 is 16.3 Å². The van der Waals surface area contributed by atoms with Crippen LogP contribution in [0.2, 0.25) is 0 Å². The van der Waals surface area contributed by atoms with Crippen LogP contribution in [0.25, 0.3) is 12.2 Å². The van der Waals surface area contributed by atoms with Gasteiger partial charge in [-0.2, -0.15) is 8.42 Å². The molecular formula is C17H20O6S. The Morgan fingerprint density at radius 1 is 1.38 bits per heavy atom. The third-order valence-electron chi connectivity index (χ3n) is 3.47. The molecule has 7 heteroatoms. The van der Waals surface area contributed by atoms with Gasteiger partial charge in [-0.15, -0.1) is 0 Å². The summed E-state index contributed by atoms with van der Waals surface area (Å²) in [4.78, 5) is 23.5. The minimum Gasteiger partial charge on any atom is -0.423 e. The lowest BCUT2D eigenvalue weighted by atomic mass is 9.98. The van der Waals surface area contributed by atoms with E-state index in [1.807, 2.05) is 0 Å². The van der Waals surface area contributed by atoms with Gasteiger partial charge >= 0.3 is 5.63 Å². The molecule has 0 spiro atoms. The first-order valence-corrected chi connectivity index (χ1v) is 8.59. The normalized spacial score (nSPS) is 13.4. The molecule has 0 bridgehead atoms. The zero-order chi connectivity index (χ0) is 18.7. The molecule has 0 unspecified atom stereocenters. The van der Waals surface area contributed by atoms with Crippen LogP contribution in [0.5, 0.6) is 0 Å². The van der Waals surface area contributed by atoms with Crippen molar-refractivity contribution < 1.29 is 22.2 Å². The highest BCUT2D eigenvalue weighted by molar-refractivity contribution is 7.90. The van der Waals surface area contributed by atoms with Gasteiger partial charge in [0.25, 0.3) is 10.1 Å². The lowest BCUT2D eigenvalue weighted by molar-refractivity contribution is -0.121. The molecule has 1 N–H and O–H groups in total. The van der Waals surface area contributed by atoms with Gasteiger partial charge in [-0.3, -0.25) is 9.35 Å². The molecule has 0 aliphatic rings. The van der Waals surface area contributed by atoms with Crippen LogP contribution in [0.4, 0.5) is 0 Å². The topological polar surface area (TPSA) is 102 Å². The van der Waals surface area contributed by atoms with Crippen molar-refractivity contribution in [2.75, 3.05) is 0 Å². The summed E-state index contributed by atoms with van der Waals surface area (Å²) in [5.74, 6) is -0.408. The number of ketones is 1. The molecule has 0 aromatic carbocycles. The Balaban J connectivity index is 3.80. The summed E-state index contributed by atoms with van der Waals surface area (Å²) in [5.41, 5.74) is -0.0790. The maximum Gasteiger partial charge on any atom is 0.340 e. The summed E-state index contributed by atoms with van der Waals surface area (Å²) in [7, 11) is -4.49. The van der Waals surface area contributed by atoms with Crippen molar-refractivity contribution in [2.45, 2.75) is 27.2 Å². The molecule has 0 saturated carbocycles. The maximum atomic E-state index is 12.2. The molecule has 0 fully saturated rings. The fraction of sp³-hybridized carbons (Fsp3) is 0.294. The molecule has 1 heterocycles. The predicted molar refractivity (Wildman–Crippen MR) is 92.3 cm³/mol. The smallest absolute Gasteiger partial charge is 0.340 e. The first-order chi connectivity index (χ1) is 11.0. The van der Waals surface area contributed by atoms with Crippen LogP contribution in [0.1, 0.15) is 25.0 Å². The molecule has 0 amide bonds. The van der Waals surface area contributed by atoms with Gasteiger partial charge in [0.2, 0.25) is 0 Å². The minimum atomic E-state index is -4.49. The average molecular weight is 352 g/mol. The van der Waals surface area contributed by atoms with E-state index < -0.39 is 20.6 Å². The van der Waals surface area contributed by atoms with Gasteiger partial charge < -0.3 is 4.42 Å². The second-order valence-corrected chi connectivity index (χ2v) is 7.03. The number of carbonyl (C=O) groups is 1. The zero-order valence-corrected chi connectivity index (χ0v) is 14.6. The highest BCUT2D eigenvalue weighted by Gasteiger charge is 2.16. The molecule has 0 saturated heterocycles. The van der Waals surface area contributed by atoms with Crippen LogP contribution in [0, 0.1) is 12.8 Å². The summed E-state index contributed by atoms with van der Waals surface area (Å²) >= 11 is 0. The van der Waals surface area contributed by atoms with Crippen molar-refractivity contribution in [1.29, 1.82) is 0 Å². The maximum absolute atomic E-state index is 12.2. The Morgan fingerprint density at radius 3 is 2.42 bits per heavy atom. The third-order valence-corrected chi connectivity index (χ3v) is 4.25. The predicted octanol–water partition coefficient (Wildman–Crippen LogP) is 0.864. The van der Waals surface area contributed by atoms with E-state index in [1.165, 1.54) is 12.2 Å². The van der Waals surface area contributed by atoms with Crippen LogP contribution in [0.15, 0.2) is 33.4 Å². The number of allylic oxidation sites excluding steroid dienone is 2. The second kappa shape index (κ2) is 7.55. The fourth-order valence-electron chi connectivity index (χ4n) is 1.95. The first-order valence-electron chi connectivity index (χ1n) is 7.15. The molecule has 0 aliphatic carbocycles. The average Bonchev–Trinajstić information content (AvgIpc) is 2.46. The van der Waals surface area contributed by atoms with E-state index in [-0.39, 0.29) is 34.3 Å². The second-order valence-electron chi connectivity index (χ2n) is 5.56. The van der Waals surface area contributed by atoms with E-state index >= 15 is 0 Å². The van der Waals surface area contributed by atoms with Gasteiger partial charge in [0.15, 0.2) is 0 Å². The molecule has 130 valence electrons. The van der Waals surface area contributed by atoms with Gasteiger partial charge in [-0.1, -0.05) is 33.1 Å². The van der Waals surface area contributed by atoms with Crippen molar-refractivity contribution in [1.82, 2.24) is 0 Å². The number of hydrogen-bond donors (Lipinski definition) is 1. The standard InChI is InChI=1S/C17H20O6S/c1-6-7-16-13(8-11(4)24(20,21)22)12(5)14(17(19)23-16)9-15(18)10(2)3/h6-8,10H,1,4,9H2,2-3,5H3,(H,20,21,22)/b13-8-,16-7+. The van der Waals surface area contributed by atoms with Crippen molar-refractivity contribution >= 4 is 28.1 Å². The molecule has 6 nitrogen and oxygen atoms in total. The number of rotatable bonds is 6. The minimum absolute atomic E-state index is 0.0676. The first kappa shape index (κ1) is 19.8. The molecular weight excluding hydrogens is 332 g/mol. The summed E-state index contributed by atoms with van der Waals surface area (Å²) in [5, 5.41) is 0.240. The summed E-state index contributed by atoms with van der Waals surface area (Å²) < 4.78 is 36.6. The van der Waals surface area contributed by atoms with Crippen LogP contribution >= 0.6 is 0 Å².